The summed E-state index contributed by atoms with van der Waals surface area (Å²) in [5, 5.41) is 13.0. The first-order valence-corrected chi connectivity index (χ1v) is 13.2. The fourth-order valence-electron chi connectivity index (χ4n) is 6.45. The molecule has 0 N–H and O–H groups in total. The molecule has 1 amide bonds. The van der Waals surface area contributed by atoms with Gasteiger partial charge in [0.25, 0.3) is 0 Å². The molecule has 10 heteroatoms. The number of nitrogens with zero attached hydrogens (tertiary/aromatic N) is 3. The minimum Gasteiger partial charge on any atom is -0.461 e. The lowest BCUT2D eigenvalue weighted by Gasteiger charge is -2.42. The quantitative estimate of drug-likeness (QED) is 0.217. The van der Waals surface area contributed by atoms with E-state index in [9.17, 15) is 24.5 Å². The van der Waals surface area contributed by atoms with Crippen LogP contribution in [0.1, 0.15) is 52.5 Å². The molecular formula is C29H29N3O7. The van der Waals surface area contributed by atoms with E-state index < -0.39 is 21.8 Å². The maximum absolute atomic E-state index is 13.3. The van der Waals surface area contributed by atoms with Crippen LogP contribution in [0.2, 0.25) is 0 Å². The van der Waals surface area contributed by atoms with Crippen molar-refractivity contribution in [2.75, 3.05) is 13.1 Å². The minimum atomic E-state index is -0.650. The Balaban J connectivity index is 1.25. The summed E-state index contributed by atoms with van der Waals surface area (Å²) in [6.45, 7) is 8.96. The molecule has 4 aromatic rings. The molecule has 0 radical (unpaired) electrons. The summed E-state index contributed by atoms with van der Waals surface area (Å²) in [6, 6.07) is 4.90. The van der Waals surface area contributed by atoms with Crippen LogP contribution in [-0.4, -0.2) is 33.4 Å². The van der Waals surface area contributed by atoms with E-state index in [4.69, 9.17) is 8.83 Å². The Morgan fingerprint density at radius 3 is 2.46 bits per heavy atom. The zero-order chi connectivity index (χ0) is 27.7. The SMILES string of the molecule is Cc1oc2c(C)c3oc(=O)c(CCC(=O)N4CC5C[C@H](C4)Cn4c5ccc([N+](=O)[O-])c4=O)c(C)c3cc2c1C. The van der Waals surface area contributed by atoms with Gasteiger partial charge in [-0.3, -0.25) is 19.7 Å². The standard InChI is InChI=1S/C29H29N3O7/c1-14-17(4)38-26-16(3)27-22(10-21(14)26)15(2)20(29(35)39-27)5-8-25(33)30-11-18-9-19(13-30)23-6-7-24(32(36)37)28(34)31(23)12-18/h6-7,10,18-19H,5,8-9,11-13H2,1-4H3/t18-,19?/m1/s1. The minimum absolute atomic E-state index is 0.0411. The van der Waals surface area contributed by atoms with Crippen LogP contribution < -0.4 is 11.2 Å². The molecule has 202 valence electrons. The first kappa shape index (κ1) is 25.1. The van der Waals surface area contributed by atoms with Crippen LogP contribution in [0.15, 0.2) is 36.6 Å². The smallest absolute Gasteiger partial charge is 0.339 e. The second kappa shape index (κ2) is 8.93. The lowest BCUT2D eigenvalue weighted by Crippen LogP contribution is -2.49. The molecule has 0 spiro atoms. The van der Waals surface area contributed by atoms with Crippen LogP contribution in [0, 0.1) is 43.7 Å². The van der Waals surface area contributed by atoms with Crippen molar-refractivity contribution in [3.05, 3.63) is 82.8 Å². The van der Waals surface area contributed by atoms with Crippen LogP contribution in [0.25, 0.3) is 21.9 Å². The van der Waals surface area contributed by atoms with Crippen molar-refractivity contribution < 1.29 is 18.6 Å². The third-order valence-electron chi connectivity index (χ3n) is 8.67. The zero-order valence-corrected chi connectivity index (χ0v) is 22.3. The highest BCUT2D eigenvalue weighted by Crippen LogP contribution is 2.37. The number of rotatable bonds is 4. The topological polar surface area (TPSA) is 129 Å². The number of likely N-dealkylation sites (tertiary alicyclic amines) is 1. The van der Waals surface area contributed by atoms with Crippen LogP contribution >= 0.6 is 0 Å². The number of pyridine rings is 1. The predicted molar refractivity (Wildman–Crippen MR) is 144 cm³/mol. The van der Waals surface area contributed by atoms with Crippen LogP contribution in [0.3, 0.4) is 0 Å². The summed E-state index contributed by atoms with van der Waals surface area (Å²) in [5.41, 5.74) is 3.64. The largest absolute Gasteiger partial charge is 0.461 e. The van der Waals surface area contributed by atoms with Gasteiger partial charge in [-0.15, -0.1) is 0 Å². The van der Waals surface area contributed by atoms with Crippen molar-refractivity contribution in [3.8, 4) is 0 Å². The number of piperidine rings is 1. The number of hydrogen-bond donors (Lipinski definition) is 0. The first-order valence-electron chi connectivity index (χ1n) is 13.2. The molecule has 1 aromatic carbocycles. The average molecular weight is 532 g/mol. The van der Waals surface area contributed by atoms with E-state index in [0.717, 1.165) is 50.9 Å². The maximum atomic E-state index is 13.3. The van der Waals surface area contributed by atoms with Crippen molar-refractivity contribution in [3.63, 3.8) is 0 Å². The second-order valence-electron chi connectivity index (χ2n) is 10.9. The Hall–Kier alpha value is -4.21. The predicted octanol–water partition coefficient (Wildman–Crippen LogP) is 4.42. The molecule has 10 nitrogen and oxygen atoms in total. The Labute approximate surface area is 223 Å². The average Bonchev–Trinajstić information content (AvgIpc) is 3.18. The number of fused-ring (bicyclic) bond motifs is 6. The summed E-state index contributed by atoms with van der Waals surface area (Å²) in [4.78, 5) is 51.3. The highest BCUT2D eigenvalue weighted by molar-refractivity contribution is 6.00. The molecule has 0 saturated carbocycles. The van der Waals surface area contributed by atoms with Crippen LogP contribution in [0.4, 0.5) is 5.69 Å². The summed E-state index contributed by atoms with van der Waals surface area (Å²) in [5.74, 6) is 0.745. The molecule has 2 aliphatic rings. The number of amides is 1. The molecule has 2 atom stereocenters. The van der Waals surface area contributed by atoms with Gasteiger partial charge in [0.1, 0.15) is 16.9 Å². The number of carbonyl (C=O) groups is 1. The maximum Gasteiger partial charge on any atom is 0.339 e. The van der Waals surface area contributed by atoms with E-state index >= 15 is 0 Å². The molecule has 6 rings (SSSR count). The van der Waals surface area contributed by atoms with E-state index in [0.29, 0.717) is 30.8 Å². The lowest BCUT2D eigenvalue weighted by molar-refractivity contribution is -0.386. The fraction of sp³-hybridized carbons (Fsp3) is 0.414. The van der Waals surface area contributed by atoms with Gasteiger partial charge in [-0.05, 0) is 69.7 Å². The Bertz CT molecular complexity index is 1830. The molecule has 0 aliphatic carbocycles. The Kier molecular flexibility index (Phi) is 5.74. The van der Waals surface area contributed by atoms with Gasteiger partial charge in [-0.2, -0.15) is 0 Å². The monoisotopic (exact) mass is 531 g/mol. The molecule has 5 heterocycles. The summed E-state index contributed by atoms with van der Waals surface area (Å²) >= 11 is 0. The van der Waals surface area contributed by atoms with Crippen molar-refractivity contribution >= 4 is 33.5 Å². The molecular weight excluding hydrogens is 502 g/mol. The Morgan fingerprint density at radius 1 is 1.00 bits per heavy atom. The van der Waals surface area contributed by atoms with E-state index in [1.54, 1.807) is 11.0 Å². The van der Waals surface area contributed by atoms with Crippen molar-refractivity contribution in [2.45, 2.75) is 59.4 Å². The summed E-state index contributed by atoms with van der Waals surface area (Å²) in [6.07, 6.45) is 1.25. The van der Waals surface area contributed by atoms with Crippen LogP contribution in [-0.2, 0) is 17.8 Å². The van der Waals surface area contributed by atoms with Crippen LogP contribution in [0.5, 0.6) is 0 Å². The molecule has 1 fully saturated rings. The van der Waals surface area contributed by atoms with E-state index in [1.165, 1.54) is 10.6 Å². The normalized spacial score (nSPS) is 18.5. The number of benzene rings is 1. The third-order valence-corrected chi connectivity index (χ3v) is 8.67. The fourth-order valence-corrected chi connectivity index (χ4v) is 6.45. The van der Waals surface area contributed by atoms with Gasteiger partial charge < -0.3 is 18.3 Å². The van der Waals surface area contributed by atoms with E-state index in [1.807, 2.05) is 33.8 Å². The van der Waals surface area contributed by atoms with Gasteiger partial charge in [-0.25, -0.2) is 4.79 Å². The number of furan rings is 1. The van der Waals surface area contributed by atoms with Crippen molar-refractivity contribution in [1.29, 1.82) is 0 Å². The molecule has 3 aromatic heterocycles. The number of carbonyl (C=O) groups excluding carboxylic acids is 1. The van der Waals surface area contributed by atoms with E-state index in [-0.39, 0.29) is 30.6 Å². The van der Waals surface area contributed by atoms with E-state index in [2.05, 4.69) is 0 Å². The number of aromatic nitrogens is 1. The van der Waals surface area contributed by atoms with Crippen molar-refractivity contribution in [2.24, 2.45) is 5.92 Å². The molecule has 2 bridgehead atoms. The third kappa shape index (κ3) is 3.88. The number of hydrogen-bond acceptors (Lipinski definition) is 7. The zero-order valence-electron chi connectivity index (χ0n) is 22.3. The first-order chi connectivity index (χ1) is 18.5. The van der Waals surface area contributed by atoms with Gasteiger partial charge >= 0.3 is 16.9 Å². The molecule has 39 heavy (non-hydrogen) atoms. The second-order valence-corrected chi connectivity index (χ2v) is 10.9. The van der Waals surface area contributed by atoms with Crippen molar-refractivity contribution in [1.82, 2.24) is 9.47 Å². The number of aryl methyl sites for hydroxylation is 4. The molecule has 2 aliphatic heterocycles. The highest BCUT2D eigenvalue weighted by atomic mass is 16.6. The van der Waals surface area contributed by atoms with Gasteiger partial charge in [0, 0.05) is 65.6 Å². The van der Waals surface area contributed by atoms with Gasteiger partial charge in [0.15, 0.2) is 0 Å². The lowest BCUT2D eigenvalue weighted by atomic mass is 9.83. The van der Waals surface area contributed by atoms with Gasteiger partial charge in [-0.1, -0.05) is 0 Å². The molecule has 1 saturated heterocycles. The highest BCUT2D eigenvalue weighted by Gasteiger charge is 2.37. The van der Waals surface area contributed by atoms with Gasteiger partial charge in [0.05, 0.1) is 4.92 Å². The number of nitro groups is 1. The summed E-state index contributed by atoms with van der Waals surface area (Å²) in [7, 11) is 0. The van der Waals surface area contributed by atoms with Gasteiger partial charge in [0.2, 0.25) is 5.91 Å². The molecule has 1 unspecified atom stereocenters. The summed E-state index contributed by atoms with van der Waals surface area (Å²) < 4.78 is 13.2. The Morgan fingerprint density at radius 2 is 1.72 bits per heavy atom.